The van der Waals surface area contributed by atoms with Crippen LogP contribution in [0.4, 0.5) is 0 Å². The van der Waals surface area contributed by atoms with Crippen molar-refractivity contribution in [2.75, 3.05) is 7.11 Å². The van der Waals surface area contributed by atoms with Crippen LogP contribution < -0.4 is 10.1 Å². The molecule has 0 aliphatic carbocycles. The van der Waals surface area contributed by atoms with Crippen LogP contribution in [0.1, 0.15) is 28.3 Å². The van der Waals surface area contributed by atoms with Crippen LogP contribution in [0, 0.1) is 0 Å². The molecule has 37 heavy (non-hydrogen) atoms. The second-order valence-electron chi connectivity index (χ2n) is 8.69. The number of hydrogen-bond acceptors (Lipinski definition) is 3. The minimum atomic E-state index is -0.806. The molecule has 0 aliphatic heterocycles. The molecule has 2 amide bonds. The van der Waals surface area contributed by atoms with Crippen LogP contribution in [0.5, 0.6) is 5.75 Å². The van der Waals surface area contributed by atoms with Crippen molar-refractivity contribution in [3.8, 4) is 5.75 Å². The SMILES string of the molecule is COc1ccc(CNC(=O)[C@H](c2ccccc2)N(Cc2ccccc2)C(=O)Cc2ccc(Cl)cc2)cc1. The number of nitrogens with zero attached hydrogens (tertiary/aromatic N) is 1. The molecular weight excluding hydrogens is 484 g/mol. The van der Waals surface area contributed by atoms with Crippen molar-refractivity contribution in [3.05, 3.63) is 136 Å². The Morgan fingerprint density at radius 2 is 1.38 bits per heavy atom. The van der Waals surface area contributed by atoms with Gasteiger partial charge >= 0.3 is 0 Å². The maximum absolute atomic E-state index is 13.8. The van der Waals surface area contributed by atoms with Crippen molar-refractivity contribution in [2.45, 2.75) is 25.6 Å². The van der Waals surface area contributed by atoms with Gasteiger partial charge < -0.3 is 15.0 Å². The smallest absolute Gasteiger partial charge is 0.247 e. The lowest BCUT2D eigenvalue weighted by Crippen LogP contribution is -2.43. The molecule has 0 saturated heterocycles. The fraction of sp³-hybridized carbons (Fsp3) is 0.161. The summed E-state index contributed by atoms with van der Waals surface area (Å²) in [5.74, 6) is 0.348. The third-order valence-corrected chi connectivity index (χ3v) is 6.34. The summed E-state index contributed by atoms with van der Waals surface area (Å²) in [6.45, 7) is 0.624. The molecule has 0 heterocycles. The van der Waals surface area contributed by atoms with E-state index in [1.54, 1.807) is 24.1 Å². The Morgan fingerprint density at radius 1 is 0.784 bits per heavy atom. The standard InChI is InChI=1S/C31H29ClN2O3/c1-37-28-18-14-24(15-19-28)21-33-31(36)30(26-10-6-3-7-11-26)34(22-25-8-4-2-5-9-25)29(35)20-23-12-16-27(32)17-13-23/h2-19,30H,20-22H2,1H3,(H,33,36)/t30-/m0/s1. The Bertz CT molecular complexity index is 1290. The molecule has 5 nitrogen and oxygen atoms in total. The lowest BCUT2D eigenvalue weighted by atomic mass is 10.0. The molecular formula is C31H29ClN2O3. The summed E-state index contributed by atoms with van der Waals surface area (Å²) in [6.07, 6.45) is 0.152. The van der Waals surface area contributed by atoms with Gasteiger partial charge in [-0.3, -0.25) is 9.59 Å². The lowest BCUT2D eigenvalue weighted by Gasteiger charge is -2.32. The van der Waals surface area contributed by atoms with Crippen LogP contribution in [0.15, 0.2) is 109 Å². The predicted octanol–water partition coefficient (Wildman–Crippen LogP) is 5.98. The zero-order chi connectivity index (χ0) is 26.0. The third kappa shape index (κ3) is 7.21. The van der Waals surface area contributed by atoms with Crippen LogP contribution in [0.2, 0.25) is 5.02 Å². The van der Waals surface area contributed by atoms with Gasteiger partial charge in [0.05, 0.1) is 13.5 Å². The van der Waals surface area contributed by atoms with Gasteiger partial charge in [0.1, 0.15) is 11.8 Å². The highest BCUT2D eigenvalue weighted by molar-refractivity contribution is 6.30. The van der Waals surface area contributed by atoms with E-state index in [0.29, 0.717) is 18.1 Å². The number of carbonyl (C=O) groups excluding carboxylic acids is 2. The first-order chi connectivity index (χ1) is 18.0. The molecule has 4 rings (SSSR count). The average Bonchev–Trinajstić information content (AvgIpc) is 2.94. The van der Waals surface area contributed by atoms with E-state index in [9.17, 15) is 9.59 Å². The zero-order valence-electron chi connectivity index (χ0n) is 20.6. The van der Waals surface area contributed by atoms with Gasteiger partial charge in [-0.05, 0) is 46.5 Å². The fourth-order valence-electron chi connectivity index (χ4n) is 4.12. The average molecular weight is 513 g/mol. The molecule has 0 aliphatic rings. The minimum Gasteiger partial charge on any atom is -0.497 e. The summed E-state index contributed by atoms with van der Waals surface area (Å²) < 4.78 is 5.22. The van der Waals surface area contributed by atoms with Crippen LogP contribution in [-0.2, 0) is 29.1 Å². The normalized spacial score (nSPS) is 11.4. The second-order valence-corrected chi connectivity index (χ2v) is 9.13. The van der Waals surface area contributed by atoms with Crippen molar-refractivity contribution < 1.29 is 14.3 Å². The molecule has 6 heteroatoms. The second kappa shape index (κ2) is 12.7. The highest BCUT2D eigenvalue weighted by Gasteiger charge is 2.31. The maximum atomic E-state index is 13.8. The summed E-state index contributed by atoms with van der Waals surface area (Å²) in [5.41, 5.74) is 3.45. The number of nitrogens with one attached hydrogen (secondary N) is 1. The van der Waals surface area contributed by atoms with Gasteiger partial charge in [0.15, 0.2) is 0 Å². The third-order valence-electron chi connectivity index (χ3n) is 6.09. The van der Waals surface area contributed by atoms with Crippen LogP contribution in [0.3, 0.4) is 0 Å². The quantitative estimate of drug-likeness (QED) is 0.284. The number of methoxy groups -OCH3 is 1. The van der Waals surface area contributed by atoms with Crippen molar-refractivity contribution in [3.63, 3.8) is 0 Å². The van der Waals surface area contributed by atoms with E-state index in [0.717, 1.165) is 28.0 Å². The molecule has 0 fully saturated rings. The van der Waals surface area contributed by atoms with Gasteiger partial charge in [-0.25, -0.2) is 0 Å². The van der Waals surface area contributed by atoms with Gasteiger partial charge in [-0.15, -0.1) is 0 Å². The molecule has 0 unspecified atom stereocenters. The molecule has 1 atom stereocenters. The van der Waals surface area contributed by atoms with E-state index in [1.807, 2.05) is 97.1 Å². The number of halogens is 1. The van der Waals surface area contributed by atoms with E-state index in [4.69, 9.17) is 16.3 Å². The Balaban J connectivity index is 1.63. The summed E-state index contributed by atoms with van der Waals surface area (Å²) in [4.78, 5) is 29.1. The Hall–Kier alpha value is -4.09. The Kier molecular flexibility index (Phi) is 8.95. The van der Waals surface area contributed by atoms with Gasteiger partial charge in [-0.1, -0.05) is 96.5 Å². The largest absolute Gasteiger partial charge is 0.497 e. The molecule has 0 saturated carbocycles. The molecule has 0 aromatic heterocycles. The first-order valence-corrected chi connectivity index (χ1v) is 12.4. The molecule has 4 aromatic carbocycles. The number of carbonyl (C=O) groups is 2. The van der Waals surface area contributed by atoms with Gasteiger partial charge in [0.2, 0.25) is 11.8 Å². The molecule has 0 spiro atoms. The number of amides is 2. The summed E-state index contributed by atoms with van der Waals surface area (Å²) in [7, 11) is 1.61. The number of benzene rings is 4. The number of ether oxygens (including phenoxy) is 1. The molecule has 188 valence electrons. The molecule has 4 aromatic rings. The summed E-state index contributed by atoms with van der Waals surface area (Å²) in [6, 6.07) is 33.0. The highest BCUT2D eigenvalue weighted by Crippen LogP contribution is 2.25. The van der Waals surface area contributed by atoms with Crippen LogP contribution in [-0.4, -0.2) is 23.8 Å². The van der Waals surface area contributed by atoms with E-state index < -0.39 is 6.04 Å². The van der Waals surface area contributed by atoms with Crippen molar-refractivity contribution in [1.82, 2.24) is 10.2 Å². The lowest BCUT2D eigenvalue weighted by molar-refractivity contribution is -0.141. The predicted molar refractivity (Wildman–Crippen MR) is 146 cm³/mol. The molecule has 0 radical (unpaired) electrons. The Morgan fingerprint density at radius 3 is 2.00 bits per heavy atom. The molecule has 1 N–H and O–H groups in total. The number of hydrogen-bond donors (Lipinski definition) is 1. The number of rotatable bonds is 10. The zero-order valence-corrected chi connectivity index (χ0v) is 21.4. The van der Waals surface area contributed by atoms with Crippen LogP contribution >= 0.6 is 11.6 Å². The van der Waals surface area contributed by atoms with Gasteiger partial charge in [0, 0.05) is 18.1 Å². The first-order valence-electron chi connectivity index (χ1n) is 12.1. The highest BCUT2D eigenvalue weighted by atomic mass is 35.5. The van der Waals surface area contributed by atoms with Crippen LogP contribution in [0.25, 0.3) is 0 Å². The van der Waals surface area contributed by atoms with E-state index in [2.05, 4.69) is 5.32 Å². The van der Waals surface area contributed by atoms with Gasteiger partial charge in [0.25, 0.3) is 0 Å². The maximum Gasteiger partial charge on any atom is 0.247 e. The Labute approximate surface area is 222 Å². The minimum absolute atomic E-state index is 0.152. The summed E-state index contributed by atoms with van der Waals surface area (Å²) in [5, 5.41) is 3.65. The van der Waals surface area contributed by atoms with Crippen molar-refractivity contribution >= 4 is 23.4 Å². The summed E-state index contributed by atoms with van der Waals surface area (Å²) >= 11 is 6.04. The van der Waals surface area contributed by atoms with E-state index in [1.165, 1.54) is 0 Å². The fourth-order valence-corrected chi connectivity index (χ4v) is 4.25. The van der Waals surface area contributed by atoms with E-state index >= 15 is 0 Å². The van der Waals surface area contributed by atoms with Gasteiger partial charge in [-0.2, -0.15) is 0 Å². The van der Waals surface area contributed by atoms with E-state index in [-0.39, 0.29) is 18.2 Å². The van der Waals surface area contributed by atoms with Crippen molar-refractivity contribution in [2.24, 2.45) is 0 Å². The monoisotopic (exact) mass is 512 g/mol. The molecule has 0 bridgehead atoms. The first kappa shape index (κ1) is 26.0. The van der Waals surface area contributed by atoms with Crippen molar-refractivity contribution in [1.29, 1.82) is 0 Å². The topological polar surface area (TPSA) is 58.6 Å².